The van der Waals surface area contributed by atoms with Crippen LogP contribution in [0.4, 0.5) is 0 Å². The molecule has 3 rings (SSSR count). The molecule has 0 aromatic carbocycles. The Morgan fingerprint density at radius 3 is 3.15 bits per heavy atom. The minimum absolute atomic E-state index is 0.00414. The molecule has 1 aliphatic rings. The molecule has 0 fully saturated rings. The van der Waals surface area contributed by atoms with Crippen molar-refractivity contribution < 1.29 is 9.26 Å². The minimum atomic E-state index is -0.539. The highest BCUT2D eigenvalue weighted by Gasteiger charge is 2.31. The number of ether oxygens (including phenoxy) is 1. The number of H-pyrrole nitrogens is 1. The predicted octanol–water partition coefficient (Wildman–Crippen LogP) is 1.45. The lowest BCUT2D eigenvalue weighted by Crippen LogP contribution is -2.29. The topological polar surface area (TPSA) is 88.9 Å². The van der Waals surface area contributed by atoms with Crippen LogP contribution < -0.4 is 5.32 Å². The summed E-state index contributed by atoms with van der Waals surface area (Å²) in [6, 6.07) is 0.00414. The number of hydrogen-bond acceptors (Lipinski definition) is 6. The minimum Gasteiger partial charge on any atom is -0.368 e. The van der Waals surface area contributed by atoms with E-state index in [-0.39, 0.29) is 6.04 Å². The van der Waals surface area contributed by atoms with E-state index >= 15 is 0 Å². The second kappa shape index (κ2) is 4.99. The van der Waals surface area contributed by atoms with E-state index in [0.717, 1.165) is 24.4 Å². The maximum Gasteiger partial charge on any atom is 0.244 e. The molecule has 108 valence electrons. The van der Waals surface area contributed by atoms with Gasteiger partial charge in [0, 0.05) is 19.6 Å². The molecule has 20 heavy (non-hydrogen) atoms. The number of nitrogens with one attached hydrogen (secondary N) is 2. The van der Waals surface area contributed by atoms with Gasteiger partial charge in [-0.2, -0.15) is 4.98 Å². The molecule has 7 nitrogen and oxygen atoms in total. The lowest BCUT2D eigenvalue weighted by molar-refractivity contribution is -0.0221. The van der Waals surface area contributed by atoms with Gasteiger partial charge in [-0.15, -0.1) is 0 Å². The first-order chi connectivity index (χ1) is 9.60. The van der Waals surface area contributed by atoms with Crippen molar-refractivity contribution in [2.45, 2.75) is 45.4 Å². The number of aromatic nitrogens is 4. The summed E-state index contributed by atoms with van der Waals surface area (Å²) in [4.78, 5) is 11.9. The van der Waals surface area contributed by atoms with Gasteiger partial charge < -0.3 is 14.2 Å². The molecule has 0 saturated carbocycles. The fraction of sp³-hybridized carbons (Fsp3) is 0.615. The second-order valence-corrected chi connectivity index (χ2v) is 5.36. The van der Waals surface area contributed by atoms with Crippen LogP contribution in [0.15, 0.2) is 10.9 Å². The van der Waals surface area contributed by atoms with E-state index in [4.69, 9.17) is 9.26 Å². The van der Waals surface area contributed by atoms with Crippen LogP contribution in [-0.2, 0) is 23.3 Å². The monoisotopic (exact) mass is 277 g/mol. The van der Waals surface area contributed by atoms with Gasteiger partial charge in [-0.1, -0.05) is 5.16 Å². The van der Waals surface area contributed by atoms with E-state index in [0.29, 0.717) is 18.3 Å². The summed E-state index contributed by atoms with van der Waals surface area (Å²) < 4.78 is 11.0. The average molecular weight is 277 g/mol. The Labute approximate surface area is 117 Å². The van der Waals surface area contributed by atoms with Crippen molar-refractivity contribution in [3.05, 3.63) is 29.4 Å². The Hall–Kier alpha value is -1.73. The number of aromatic amines is 1. The van der Waals surface area contributed by atoms with Crippen LogP contribution in [0.5, 0.6) is 0 Å². The normalized spacial score (nSPS) is 19.1. The first-order valence-corrected chi connectivity index (χ1v) is 6.82. The molecular formula is C13H19N5O2. The first-order valence-electron chi connectivity index (χ1n) is 6.82. The SMILES string of the molecule is CCOC(C)(C)c1noc(C2Cc3nc[nH]c3CN2)n1. The molecule has 0 radical (unpaired) electrons. The number of nitrogens with zero attached hydrogens (tertiary/aromatic N) is 3. The van der Waals surface area contributed by atoms with Crippen LogP contribution in [0.2, 0.25) is 0 Å². The molecular weight excluding hydrogens is 258 g/mol. The van der Waals surface area contributed by atoms with E-state index in [1.165, 1.54) is 0 Å². The largest absolute Gasteiger partial charge is 0.368 e. The van der Waals surface area contributed by atoms with E-state index in [9.17, 15) is 0 Å². The van der Waals surface area contributed by atoms with Crippen LogP contribution in [0, 0.1) is 0 Å². The van der Waals surface area contributed by atoms with Crippen molar-refractivity contribution in [3.63, 3.8) is 0 Å². The molecule has 2 N–H and O–H groups in total. The van der Waals surface area contributed by atoms with Crippen LogP contribution >= 0.6 is 0 Å². The molecule has 1 aliphatic heterocycles. The third kappa shape index (κ3) is 2.34. The first kappa shape index (κ1) is 13.3. The molecule has 7 heteroatoms. The average Bonchev–Trinajstić information content (AvgIpc) is 3.07. The summed E-state index contributed by atoms with van der Waals surface area (Å²) in [5.74, 6) is 1.16. The van der Waals surface area contributed by atoms with Gasteiger partial charge in [0.1, 0.15) is 5.60 Å². The molecule has 2 aromatic heterocycles. The van der Waals surface area contributed by atoms with Crippen molar-refractivity contribution in [1.82, 2.24) is 25.4 Å². The van der Waals surface area contributed by atoms with Gasteiger partial charge in [0.05, 0.1) is 23.8 Å². The van der Waals surface area contributed by atoms with Gasteiger partial charge >= 0.3 is 0 Å². The van der Waals surface area contributed by atoms with E-state index in [1.807, 2.05) is 20.8 Å². The summed E-state index contributed by atoms with van der Waals surface area (Å²) in [7, 11) is 0. The smallest absolute Gasteiger partial charge is 0.244 e. The Balaban J connectivity index is 1.78. The van der Waals surface area contributed by atoms with Crippen molar-refractivity contribution >= 4 is 0 Å². The Bertz CT molecular complexity index is 589. The molecule has 2 aromatic rings. The summed E-state index contributed by atoms with van der Waals surface area (Å²) in [6.45, 7) is 7.16. The summed E-state index contributed by atoms with van der Waals surface area (Å²) in [5, 5.41) is 7.41. The zero-order valence-electron chi connectivity index (χ0n) is 11.9. The molecule has 1 unspecified atom stereocenters. The zero-order valence-corrected chi connectivity index (χ0v) is 11.9. The van der Waals surface area contributed by atoms with Gasteiger partial charge in [0.25, 0.3) is 0 Å². The number of imidazole rings is 1. The molecule has 0 amide bonds. The van der Waals surface area contributed by atoms with Crippen molar-refractivity contribution in [1.29, 1.82) is 0 Å². The number of fused-ring (bicyclic) bond motifs is 1. The zero-order chi connectivity index (χ0) is 14.2. The van der Waals surface area contributed by atoms with E-state index in [2.05, 4.69) is 25.4 Å². The standard InChI is InChI=1S/C13H19N5O2/c1-4-19-13(2,3)12-17-11(20-18-12)9-5-8-10(6-14-9)16-7-15-8/h7,9,14H,4-6H2,1-3H3,(H,15,16). The maximum atomic E-state index is 5.64. The fourth-order valence-corrected chi connectivity index (χ4v) is 2.39. The quantitative estimate of drug-likeness (QED) is 0.879. The van der Waals surface area contributed by atoms with Crippen LogP contribution in [0.3, 0.4) is 0 Å². The molecule has 0 spiro atoms. The Morgan fingerprint density at radius 2 is 2.35 bits per heavy atom. The Kier molecular flexibility index (Phi) is 3.31. The summed E-state index contributed by atoms with van der Waals surface area (Å²) in [6.07, 6.45) is 2.46. The lowest BCUT2D eigenvalue weighted by atomic mass is 10.1. The maximum absolute atomic E-state index is 5.64. The van der Waals surface area contributed by atoms with Gasteiger partial charge in [0.2, 0.25) is 11.7 Å². The fourth-order valence-electron chi connectivity index (χ4n) is 2.39. The molecule has 0 bridgehead atoms. The third-order valence-corrected chi connectivity index (χ3v) is 3.51. The summed E-state index contributed by atoms with van der Waals surface area (Å²) in [5.41, 5.74) is 1.64. The lowest BCUT2D eigenvalue weighted by Gasteiger charge is -2.21. The van der Waals surface area contributed by atoms with Gasteiger partial charge in [-0.05, 0) is 20.8 Å². The highest BCUT2D eigenvalue weighted by atomic mass is 16.5. The molecule has 1 atom stereocenters. The van der Waals surface area contributed by atoms with Crippen molar-refractivity contribution in [2.24, 2.45) is 0 Å². The highest BCUT2D eigenvalue weighted by molar-refractivity contribution is 5.17. The van der Waals surface area contributed by atoms with Gasteiger partial charge in [-0.25, -0.2) is 4.98 Å². The van der Waals surface area contributed by atoms with E-state index < -0.39 is 5.60 Å². The van der Waals surface area contributed by atoms with Crippen LogP contribution in [0.25, 0.3) is 0 Å². The molecule has 0 aliphatic carbocycles. The van der Waals surface area contributed by atoms with E-state index in [1.54, 1.807) is 6.33 Å². The Morgan fingerprint density at radius 1 is 1.50 bits per heavy atom. The van der Waals surface area contributed by atoms with Crippen molar-refractivity contribution in [3.8, 4) is 0 Å². The molecule has 3 heterocycles. The number of rotatable bonds is 4. The highest BCUT2D eigenvalue weighted by Crippen LogP contribution is 2.26. The van der Waals surface area contributed by atoms with Gasteiger partial charge in [-0.3, -0.25) is 5.32 Å². The second-order valence-electron chi connectivity index (χ2n) is 5.36. The van der Waals surface area contributed by atoms with Crippen LogP contribution in [0.1, 0.15) is 49.9 Å². The summed E-state index contributed by atoms with van der Waals surface area (Å²) >= 11 is 0. The van der Waals surface area contributed by atoms with Gasteiger partial charge in [0.15, 0.2) is 0 Å². The molecule has 0 saturated heterocycles. The van der Waals surface area contributed by atoms with Crippen LogP contribution in [-0.4, -0.2) is 26.7 Å². The predicted molar refractivity (Wildman–Crippen MR) is 70.8 cm³/mol. The number of hydrogen-bond donors (Lipinski definition) is 2. The van der Waals surface area contributed by atoms with Crippen molar-refractivity contribution in [2.75, 3.05) is 6.61 Å². The third-order valence-electron chi connectivity index (χ3n) is 3.51.